The fraction of sp³-hybridized carbons (Fsp3) is 0.368. The molecule has 1 heterocycles. The number of pyridine rings is 1. The van der Waals surface area contributed by atoms with Crippen LogP contribution < -0.4 is 0 Å². The first kappa shape index (κ1) is 17.2. The fourth-order valence-electron chi connectivity index (χ4n) is 2.73. The Kier molecular flexibility index (Phi) is 5.88. The zero-order chi connectivity index (χ0) is 16.8. The molecule has 0 aliphatic carbocycles. The van der Waals surface area contributed by atoms with Crippen molar-refractivity contribution in [1.29, 1.82) is 0 Å². The summed E-state index contributed by atoms with van der Waals surface area (Å²) in [6.07, 6.45) is 3.52. The lowest BCUT2D eigenvalue weighted by Gasteiger charge is -2.30. The molecule has 1 aromatic carbocycles. The summed E-state index contributed by atoms with van der Waals surface area (Å²) in [7, 11) is 3.90. The monoisotopic (exact) mass is 311 g/mol. The number of likely N-dealkylation sites (N-methyl/N-ethyl adjacent to an activating group) is 2. The number of hydrogen-bond donors (Lipinski definition) is 0. The zero-order valence-electron chi connectivity index (χ0n) is 14.4. The van der Waals surface area contributed by atoms with Gasteiger partial charge in [-0.1, -0.05) is 29.8 Å². The summed E-state index contributed by atoms with van der Waals surface area (Å²) in [6, 6.07) is 11.8. The standard InChI is InChI=1S/C19H25N3O/c1-5-22(14-16-9-11-20-12-10-16)19(23)18(21(3)4)17-8-6-7-15(2)13-17/h6-13,18H,5,14H2,1-4H3. The highest BCUT2D eigenvalue weighted by atomic mass is 16.2. The number of carbonyl (C=O) groups excluding carboxylic acids is 1. The van der Waals surface area contributed by atoms with Gasteiger partial charge >= 0.3 is 0 Å². The maximum atomic E-state index is 13.1. The molecule has 0 saturated heterocycles. The van der Waals surface area contributed by atoms with Gasteiger partial charge in [-0.15, -0.1) is 0 Å². The normalized spacial score (nSPS) is 12.2. The van der Waals surface area contributed by atoms with E-state index in [1.807, 2.05) is 55.1 Å². The van der Waals surface area contributed by atoms with Gasteiger partial charge in [-0.25, -0.2) is 0 Å². The van der Waals surface area contributed by atoms with E-state index in [-0.39, 0.29) is 11.9 Å². The number of aromatic nitrogens is 1. The Bertz CT molecular complexity index is 640. The van der Waals surface area contributed by atoms with Crippen LogP contribution in [-0.2, 0) is 11.3 Å². The Morgan fingerprint density at radius 2 is 1.87 bits per heavy atom. The summed E-state index contributed by atoms with van der Waals surface area (Å²) in [4.78, 5) is 21.0. The van der Waals surface area contributed by atoms with E-state index in [2.05, 4.69) is 24.0 Å². The van der Waals surface area contributed by atoms with E-state index in [0.29, 0.717) is 13.1 Å². The van der Waals surface area contributed by atoms with Gasteiger partial charge in [0.25, 0.3) is 0 Å². The minimum Gasteiger partial charge on any atom is -0.337 e. The maximum absolute atomic E-state index is 13.1. The van der Waals surface area contributed by atoms with Crippen LogP contribution in [-0.4, -0.2) is 41.3 Å². The van der Waals surface area contributed by atoms with Crippen LogP contribution in [0.2, 0.25) is 0 Å². The second-order valence-corrected chi connectivity index (χ2v) is 5.99. The molecule has 0 fully saturated rings. The highest BCUT2D eigenvalue weighted by molar-refractivity contribution is 5.83. The molecule has 1 unspecified atom stereocenters. The first-order valence-corrected chi connectivity index (χ1v) is 7.93. The van der Waals surface area contributed by atoms with Crippen molar-refractivity contribution in [3.8, 4) is 0 Å². The summed E-state index contributed by atoms with van der Waals surface area (Å²) in [6.45, 7) is 5.35. The Morgan fingerprint density at radius 3 is 2.43 bits per heavy atom. The average molecular weight is 311 g/mol. The van der Waals surface area contributed by atoms with E-state index >= 15 is 0 Å². The van der Waals surface area contributed by atoms with E-state index in [1.54, 1.807) is 12.4 Å². The Labute approximate surface area is 138 Å². The Morgan fingerprint density at radius 1 is 1.17 bits per heavy atom. The molecule has 1 amide bonds. The first-order chi connectivity index (χ1) is 11.0. The van der Waals surface area contributed by atoms with Gasteiger partial charge in [-0.05, 0) is 51.2 Å². The third-order valence-electron chi connectivity index (χ3n) is 3.92. The van der Waals surface area contributed by atoms with Gasteiger partial charge < -0.3 is 4.90 Å². The van der Waals surface area contributed by atoms with Crippen molar-refractivity contribution in [2.45, 2.75) is 26.4 Å². The molecular weight excluding hydrogens is 286 g/mol. The first-order valence-electron chi connectivity index (χ1n) is 7.93. The highest BCUT2D eigenvalue weighted by Gasteiger charge is 2.27. The SMILES string of the molecule is CCN(Cc1ccncc1)C(=O)C(c1cccc(C)c1)N(C)C. The second-order valence-electron chi connectivity index (χ2n) is 5.99. The van der Waals surface area contributed by atoms with Crippen LogP contribution in [0.1, 0.15) is 29.7 Å². The number of hydrogen-bond acceptors (Lipinski definition) is 3. The molecule has 0 aliphatic heterocycles. The minimum atomic E-state index is -0.267. The summed E-state index contributed by atoms with van der Waals surface area (Å²) in [5.74, 6) is 0.125. The number of benzene rings is 1. The van der Waals surface area contributed by atoms with Crippen LogP contribution in [0.15, 0.2) is 48.8 Å². The largest absolute Gasteiger partial charge is 0.337 e. The molecule has 0 radical (unpaired) electrons. The van der Waals surface area contributed by atoms with Gasteiger partial charge in [-0.3, -0.25) is 14.7 Å². The molecule has 0 saturated carbocycles. The summed E-state index contributed by atoms with van der Waals surface area (Å²) in [5.41, 5.74) is 3.30. The van der Waals surface area contributed by atoms with Crippen LogP contribution in [0.4, 0.5) is 0 Å². The molecule has 2 aromatic rings. The van der Waals surface area contributed by atoms with Gasteiger partial charge in [0, 0.05) is 25.5 Å². The summed E-state index contributed by atoms with van der Waals surface area (Å²) < 4.78 is 0. The van der Waals surface area contributed by atoms with E-state index in [0.717, 1.165) is 11.1 Å². The average Bonchev–Trinajstić information content (AvgIpc) is 2.53. The predicted molar refractivity (Wildman–Crippen MR) is 92.9 cm³/mol. The molecular formula is C19H25N3O. The lowest BCUT2D eigenvalue weighted by Crippen LogP contribution is -2.40. The summed E-state index contributed by atoms with van der Waals surface area (Å²) in [5, 5.41) is 0. The number of carbonyl (C=O) groups is 1. The van der Waals surface area contributed by atoms with Crippen molar-refractivity contribution in [3.63, 3.8) is 0 Å². The number of amides is 1. The molecule has 0 aliphatic rings. The maximum Gasteiger partial charge on any atom is 0.244 e. The quantitative estimate of drug-likeness (QED) is 0.823. The lowest BCUT2D eigenvalue weighted by molar-refractivity contribution is -0.136. The van der Waals surface area contributed by atoms with E-state index in [9.17, 15) is 4.79 Å². The Balaban J connectivity index is 2.25. The van der Waals surface area contributed by atoms with Gasteiger partial charge in [0.15, 0.2) is 0 Å². The summed E-state index contributed by atoms with van der Waals surface area (Å²) >= 11 is 0. The van der Waals surface area contributed by atoms with Gasteiger partial charge in [0.2, 0.25) is 5.91 Å². The van der Waals surface area contributed by atoms with Crippen LogP contribution in [0.5, 0.6) is 0 Å². The molecule has 1 aromatic heterocycles. The topological polar surface area (TPSA) is 36.4 Å². The zero-order valence-corrected chi connectivity index (χ0v) is 14.4. The predicted octanol–water partition coefficient (Wildman–Crippen LogP) is 3.04. The van der Waals surface area contributed by atoms with Crippen LogP contribution in [0, 0.1) is 6.92 Å². The number of nitrogens with zero attached hydrogens (tertiary/aromatic N) is 3. The number of aryl methyl sites for hydroxylation is 1. The van der Waals surface area contributed by atoms with E-state index in [1.165, 1.54) is 5.56 Å². The molecule has 122 valence electrons. The van der Waals surface area contributed by atoms with Crippen molar-refractivity contribution in [2.24, 2.45) is 0 Å². The lowest BCUT2D eigenvalue weighted by atomic mass is 10.0. The van der Waals surface area contributed by atoms with Crippen molar-refractivity contribution in [3.05, 3.63) is 65.5 Å². The fourth-order valence-corrected chi connectivity index (χ4v) is 2.73. The molecule has 4 nitrogen and oxygen atoms in total. The molecule has 0 N–H and O–H groups in total. The Hall–Kier alpha value is -2.20. The third-order valence-corrected chi connectivity index (χ3v) is 3.92. The highest BCUT2D eigenvalue weighted by Crippen LogP contribution is 2.22. The van der Waals surface area contributed by atoms with Crippen molar-refractivity contribution >= 4 is 5.91 Å². The van der Waals surface area contributed by atoms with Crippen molar-refractivity contribution in [1.82, 2.24) is 14.8 Å². The van der Waals surface area contributed by atoms with E-state index < -0.39 is 0 Å². The van der Waals surface area contributed by atoms with Crippen molar-refractivity contribution in [2.75, 3.05) is 20.6 Å². The molecule has 1 atom stereocenters. The van der Waals surface area contributed by atoms with Gasteiger partial charge in [0.1, 0.15) is 6.04 Å². The van der Waals surface area contributed by atoms with Crippen LogP contribution >= 0.6 is 0 Å². The minimum absolute atomic E-state index is 0.125. The van der Waals surface area contributed by atoms with Crippen molar-refractivity contribution < 1.29 is 4.79 Å². The van der Waals surface area contributed by atoms with E-state index in [4.69, 9.17) is 0 Å². The van der Waals surface area contributed by atoms with Crippen LogP contribution in [0.25, 0.3) is 0 Å². The van der Waals surface area contributed by atoms with Gasteiger partial charge in [-0.2, -0.15) is 0 Å². The number of rotatable bonds is 6. The smallest absolute Gasteiger partial charge is 0.244 e. The molecule has 2 rings (SSSR count). The van der Waals surface area contributed by atoms with Crippen LogP contribution in [0.3, 0.4) is 0 Å². The second kappa shape index (κ2) is 7.88. The van der Waals surface area contributed by atoms with Gasteiger partial charge in [0.05, 0.1) is 0 Å². The molecule has 0 bridgehead atoms. The molecule has 23 heavy (non-hydrogen) atoms. The third kappa shape index (κ3) is 4.39. The molecule has 0 spiro atoms. The molecule has 4 heteroatoms.